The average Bonchev–Trinajstić information content (AvgIpc) is 2.84. The molecule has 0 saturated carbocycles. The van der Waals surface area contributed by atoms with E-state index in [0.29, 0.717) is 19.6 Å². The number of carbonyl (C=O) groups is 1. The standard InChI is InChI=1S/C17H25N7O/c1-12-7-13(2)24(21-12)16-8-15(19-11-20-16)23-9-14(10-23)17(25)18-5-6-22(3)4/h7-8,11,14H,5-6,9-10H2,1-4H3,(H,18,25). The van der Waals surface area contributed by atoms with E-state index in [1.807, 2.05) is 44.8 Å². The molecule has 0 unspecified atom stereocenters. The summed E-state index contributed by atoms with van der Waals surface area (Å²) in [5, 5.41) is 7.44. The molecule has 0 radical (unpaired) electrons. The smallest absolute Gasteiger partial charge is 0.226 e. The van der Waals surface area contributed by atoms with Crippen LogP contribution in [0.5, 0.6) is 0 Å². The molecule has 1 amide bonds. The van der Waals surface area contributed by atoms with Gasteiger partial charge in [0, 0.05) is 37.9 Å². The number of rotatable bonds is 6. The highest BCUT2D eigenvalue weighted by Gasteiger charge is 2.33. The second kappa shape index (κ2) is 7.18. The lowest BCUT2D eigenvalue weighted by Gasteiger charge is -2.39. The molecule has 0 spiro atoms. The number of amides is 1. The molecule has 2 aromatic heterocycles. The van der Waals surface area contributed by atoms with Crippen LogP contribution in [0.1, 0.15) is 11.4 Å². The lowest BCUT2D eigenvalue weighted by atomic mass is 9.99. The van der Waals surface area contributed by atoms with Crippen LogP contribution < -0.4 is 10.2 Å². The van der Waals surface area contributed by atoms with E-state index in [1.54, 1.807) is 6.33 Å². The predicted molar refractivity (Wildman–Crippen MR) is 95.9 cm³/mol. The molecule has 3 heterocycles. The van der Waals surface area contributed by atoms with E-state index < -0.39 is 0 Å². The minimum Gasteiger partial charge on any atom is -0.355 e. The number of nitrogens with zero attached hydrogens (tertiary/aromatic N) is 6. The Morgan fingerprint density at radius 1 is 1.24 bits per heavy atom. The molecule has 1 aliphatic rings. The Kier molecular flexibility index (Phi) is 4.98. The molecule has 0 aromatic carbocycles. The summed E-state index contributed by atoms with van der Waals surface area (Å²) in [6, 6.07) is 3.93. The van der Waals surface area contributed by atoms with Crippen LogP contribution in [0.15, 0.2) is 18.5 Å². The fourth-order valence-electron chi connectivity index (χ4n) is 2.87. The zero-order valence-corrected chi connectivity index (χ0v) is 15.2. The van der Waals surface area contributed by atoms with Crippen molar-refractivity contribution in [3.05, 3.63) is 29.8 Å². The largest absolute Gasteiger partial charge is 0.355 e. The number of nitrogens with one attached hydrogen (secondary N) is 1. The Balaban J connectivity index is 1.59. The predicted octanol–water partition coefficient (Wildman–Crippen LogP) is 0.393. The topological polar surface area (TPSA) is 79.2 Å². The number of likely N-dealkylation sites (N-methyl/N-ethyl adjacent to an activating group) is 1. The van der Waals surface area contributed by atoms with Crippen LogP contribution in [-0.2, 0) is 4.79 Å². The summed E-state index contributed by atoms with van der Waals surface area (Å²) in [6.45, 7) is 6.85. The summed E-state index contributed by atoms with van der Waals surface area (Å²) < 4.78 is 1.81. The number of hydrogen-bond donors (Lipinski definition) is 1. The van der Waals surface area contributed by atoms with Crippen LogP contribution in [-0.4, -0.2) is 70.8 Å². The van der Waals surface area contributed by atoms with Crippen molar-refractivity contribution in [2.24, 2.45) is 5.92 Å². The van der Waals surface area contributed by atoms with E-state index in [0.717, 1.165) is 29.6 Å². The molecule has 1 aliphatic heterocycles. The van der Waals surface area contributed by atoms with Gasteiger partial charge in [-0.05, 0) is 34.0 Å². The summed E-state index contributed by atoms with van der Waals surface area (Å²) in [6.07, 6.45) is 1.55. The summed E-state index contributed by atoms with van der Waals surface area (Å²) in [5.41, 5.74) is 1.99. The maximum absolute atomic E-state index is 12.1. The quantitative estimate of drug-likeness (QED) is 0.818. The van der Waals surface area contributed by atoms with E-state index >= 15 is 0 Å². The highest BCUT2D eigenvalue weighted by atomic mass is 16.2. The average molecular weight is 343 g/mol. The molecule has 134 valence electrons. The van der Waals surface area contributed by atoms with Gasteiger partial charge in [0.1, 0.15) is 12.1 Å². The molecule has 0 aliphatic carbocycles. The fourth-order valence-corrected chi connectivity index (χ4v) is 2.87. The van der Waals surface area contributed by atoms with Crippen molar-refractivity contribution in [2.75, 3.05) is 45.2 Å². The molecule has 0 bridgehead atoms. The van der Waals surface area contributed by atoms with Crippen LogP contribution in [0.3, 0.4) is 0 Å². The summed E-state index contributed by atoms with van der Waals surface area (Å²) in [5.74, 6) is 1.71. The minimum atomic E-state index is 0.0225. The van der Waals surface area contributed by atoms with E-state index in [2.05, 4.69) is 30.2 Å². The molecule has 25 heavy (non-hydrogen) atoms. The minimum absolute atomic E-state index is 0.0225. The second-order valence-electron chi connectivity index (χ2n) is 6.77. The Morgan fingerprint density at radius 2 is 1.96 bits per heavy atom. The summed E-state index contributed by atoms with van der Waals surface area (Å²) in [4.78, 5) is 24.9. The van der Waals surface area contributed by atoms with E-state index in [1.165, 1.54) is 0 Å². The molecule has 1 saturated heterocycles. The number of anilines is 1. The lowest BCUT2D eigenvalue weighted by molar-refractivity contribution is -0.125. The second-order valence-corrected chi connectivity index (χ2v) is 6.77. The first-order chi connectivity index (χ1) is 11.9. The highest BCUT2D eigenvalue weighted by Crippen LogP contribution is 2.24. The van der Waals surface area contributed by atoms with Gasteiger partial charge in [0.25, 0.3) is 0 Å². The third-order valence-corrected chi connectivity index (χ3v) is 4.30. The van der Waals surface area contributed by atoms with Gasteiger partial charge in [-0.2, -0.15) is 5.10 Å². The summed E-state index contributed by atoms with van der Waals surface area (Å²) >= 11 is 0. The van der Waals surface area contributed by atoms with Crippen molar-refractivity contribution in [3.63, 3.8) is 0 Å². The third-order valence-electron chi connectivity index (χ3n) is 4.30. The van der Waals surface area contributed by atoms with Crippen molar-refractivity contribution in [1.29, 1.82) is 0 Å². The molecular formula is C17H25N7O. The van der Waals surface area contributed by atoms with Gasteiger partial charge >= 0.3 is 0 Å². The van der Waals surface area contributed by atoms with E-state index in [4.69, 9.17) is 0 Å². The number of hydrogen-bond acceptors (Lipinski definition) is 6. The van der Waals surface area contributed by atoms with Gasteiger partial charge in [-0.3, -0.25) is 4.79 Å². The maximum Gasteiger partial charge on any atom is 0.226 e. The number of aryl methyl sites for hydroxylation is 2. The first kappa shape index (κ1) is 17.3. The Morgan fingerprint density at radius 3 is 2.60 bits per heavy atom. The maximum atomic E-state index is 12.1. The molecule has 2 aromatic rings. The molecule has 8 nitrogen and oxygen atoms in total. The molecular weight excluding hydrogens is 318 g/mol. The van der Waals surface area contributed by atoms with E-state index in [9.17, 15) is 4.79 Å². The van der Waals surface area contributed by atoms with Gasteiger partial charge < -0.3 is 15.1 Å². The Labute approximate surface area is 147 Å². The van der Waals surface area contributed by atoms with Crippen LogP contribution in [0, 0.1) is 19.8 Å². The van der Waals surface area contributed by atoms with Gasteiger partial charge in [-0.25, -0.2) is 14.6 Å². The van der Waals surface area contributed by atoms with Crippen molar-refractivity contribution in [2.45, 2.75) is 13.8 Å². The third kappa shape index (κ3) is 3.96. The normalized spacial score (nSPS) is 14.7. The van der Waals surface area contributed by atoms with Gasteiger partial charge in [-0.1, -0.05) is 0 Å². The molecule has 0 atom stereocenters. The van der Waals surface area contributed by atoms with Crippen LogP contribution in [0.2, 0.25) is 0 Å². The van der Waals surface area contributed by atoms with Crippen molar-refractivity contribution >= 4 is 11.7 Å². The first-order valence-corrected chi connectivity index (χ1v) is 8.47. The zero-order chi connectivity index (χ0) is 18.0. The lowest BCUT2D eigenvalue weighted by Crippen LogP contribution is -2.54. The SMILES string of the molecule is Cc1cc(C)n(-c2cc(N3CC(C(=O)NCCN(C)C)C3)ncn2)n1. The Bertz CT molecular complexity index is 749. The number of carbonyl (C=O) groups excluding carboxylic acids is 1. The van der Waals surface area contributed by atoms with Gasteiger partial charge in [0.2, 0.25) is 5.91 Å². The highest BCUT2D eigenvalue weighted by molar-refractivity contribution is 5.81. The zero-order valence-electron chi connectivity index (χ0n) is 15.2. The fraction of sp³-hybridized carbons (Fsp3) is 0.529. The monoisotopic (exact) mass is 343 g/mol. The van der Waals surface area contributed by atoms with Crippen LogP contribution in [0.25, 0.3) is 5.82 Å². The molecule has 1 fully saturated rings. The molecule has 3 rings (SSSR count). The van der Waals surface area contributed by atoms with Crippen molar-refractivity contribution in [3.8, 4) is 5.82 Å². The summed E-state index contributed by atoms with van der Waals surface area (Å²) in [7, 11) is 3.99. The van der Waals surface area contributed by atoms with Crippen molar-refractivity contribution in [1.82, 2.24) is 30.0 Å². The molecule has 1 N–H and O–H groups in total. The van der Waals surface area contributed by atoms with E-state index in [-0.39, 0.29) is 11.8 Å². The Hall–Kier alpha value is -2.48. The van der Waals surface area contributed by atoms with Gasteiger partial charge in [0.15, 0.2) is 5.82 Å². The van der Waals surface area contributed by atoms with Gasteiger partial charge in [0.05, 0.1) is 11.6 Å². The van der Waals surface area contributed by atoms with Crippen molar-refractivity contribution < 1.29 is 4.79 Å². The number of aromatic nitrogens is 4. The first-order valence-electron chi connectivity index (χ1n) is 8.47. The molecule has 8 heteroatoms. The van der Waals surface area contributed by atoms with Crippen LogP contribution >= 0.6 is 0 Å². The van der Waals surface area contributed by atoms with Gasteiger partial charge in [-0.15, -0.1) is 0 Å². The van der Waals surface area contributed by atoms with Crippen LogP contribution in [0.4, 0.5) is 5.82 Å².